The summed E-state index contributed by atoms with van der Waals surface area (Å²) in [5.74, 6) is 0.701. The normalized spacial score (nSPS) is 14.9. The number of amides is 2. The number of imidazole rings is 1. The lowest BCUT2D eigenvalue weighted by atomic mass is 9.77. The van der Waals surface area contributed by atoms with Crippen molar-refractivity contribution in [2.75, 3.05) is 23.7 Å². The van der Waals surface area contributed by atoms with E-state index in [2.05, 4.69) is 46.7 Å². The number of carbonyl (C=O) groups is 2. The lowest BCUT2D eigenvalue weighted by Crippen LogP contribution is -2.34. The molecular weight excluding hydrogens is 514 g/mol. The van der Waals surface area contributed by atoms with Crippen LogP contribution in [-0.4, -0.2) is 44.7 Å². The van der Waals surface area contributed by atoms with Crippen LogP contribution in [-0.2, 0) is 16.6 Å². The number of aromatic amines is 1. The van der Waals surface area contributed by atoms with Crippen LogP contribution in [0, 0.1) is 12.8 Å². The van der Waals surface area contributed by atoms with Crippen molar-refractivity contribution in [2.45, 2.75) is 58.3 Å². The zero-order valence-corrected chi connectivity index (χ0v) is 24.2. The summed E-state index contributed by atoms with van der Waals surface area (Å²) in [5, 5.41) is 14.2. The highest BCUT2D eigenvalue weighted by Gasteiger charge is 2.31. The van der Waals surface area contributed by atoms with E-state index in [9.17, 15) is 9.59 Å². The molecule has 0 aliphatic carbocycles. The van der Waals surface area contributed by atoms with Crippen molar-refractivity contribution in [3.05, 3.63) is 89.6 Å². The number of H-pyrrole nitrogens is 1. The quantitative estimate of drug-likeness (QED) is 0.222. The average molecular weight is 554 g/mol. The molecule has 0 spiro atoms. The van der Waals surface area contributed by atoms with Gasteiger partial charge in [-0.3, -0.25) is 10.1 Å². The second-order valence-electron chi connectivity index (χ2n) is 11.9. The number of aromatic nitrogens is 4. The summed E-state index contributed by atoms with van der Waals surface area (Å²) < 4.78 is 1.76. The summed E-state index contributed by atoms with van der Waals surface area (Å²) in [4.78, 5) is 34.0. The van der Waals surface area contributed by atoms with Gasteiger partial charge in [0.05, 0.1) is 17.7 Å². The van der Waals surface area contributed by atoms with Gasteiger partial charge in [0.2, 0.25) is 0 Å². The molecule has 4 aromatic rings. The largest absolute Gasteiger partial charge is 0.348 e. The fourth-order valence-corrected chi connectivity index (χ4v) is 5.39. The molecule has 0 saturated carbocycles. The Morgan fingerprint density at radius 3 is 2.49 bits per heavy atom. The van der Waals surface area contributed by atoms with Crippen LogP contribution in [0.25, 0.3) is 5.69 Å². The van der Waals surface area contributed by atoms with Gasteiger partial charge in [-0.1, -0.05) is 50.6 Å². The van der Waals surface area contributed by atoms with Gasteiger partial charge >= 0.3 is 6.03 Å². The first-order valence-corrected chi connectivity index (χ1v) is 14.2. The maximum absolute atomic E-state index is 13.6. The average Bonchev–Trinajstić information content (AvgIpc) is 3.60. The highest BCUT2D eigenvalue weighted by Crippen LogP contribution is 2.34. The molecule has 9 heteroatoms. The molecular formula is C32H39N7O2. The number of aryl methyl sites for hydroxylation is 1. The van der Waals surface area contributed by atoms with Crippen molar-refractivity contribution >= 4 is 23.3 Å². The minimum atomic E-state index is -0.377. The van der Waals surface area contributed by atoms with Crippen LogP contribution >= 0.6 is 0 Å². The standard InChI is InChI=1S/C32H39N7O2/c1-21-8-10-26(11-9-21)39-29(18-28(38-39)32(2,3)4)37-31(41)36-24-7-5-6-23(16-24)30(22-12-14-33-15-13-22)27(40)17-25-19-34-20-35-25/h5-11,16,18-20,22,30,33H,12-15,17H2,1-4H3,(H,34,35)(H2,36,37,41). The first-order valence-electron chi connectivity index (χ1n) is 14.2. The second-order valence-corrected chi connectivity index (χ2v) is 11.9. The topological polar surface area (TPSA) is 117 Å². The Kier molecular flexibility index (Phi) is 8.35. The molecule has 9 nitrogen and oxygen atoms in total. The van der Waals surface area contributed by atoms with Crippen LogP contribution in [0.4, 0.5) is 16.3 Å². The first-order chi connectivity index (χ1) is 19.7. The molecule has 41 heavy (non-hydrogen) atoms. The van der Waals surface area contributed by atoms with Gasteiger partial charge in [0.25, 0.3) is 0 Å². The van der Waals surface area contributed by atoms with Crippen LogP contribution in [0.3, 0.4) is 0 Å². The molecule has 3 heterocycles. The second kappa shape index (κ2) is 12.1. The Labute approximate surface area is 241 Å². The lowest BCUT2D eigenvalue weighted by molar-refractivity contribution is -0.121. The number of Topliss-reactive ketones (excluding diaryl/α,β-unsaturated/α-hetero) is 1. The molecule has 5 rings (SSSR count). The van der Waals surface area contributed by atoms with Gasteiger partial charge in [-0.05, 0) is 68.6 Å². The van der Waals surface area contributed by atoms with E-state index in [1.807, 2.05) is 61.5 Å². The van der Waals surface area contributed by atoms with E-state index >= 15 is 0 Å². The van der Waals surface area contributed by atoms with E-state index in [-0.39, 0.29) is 29.1 Å². The SMILES string of the molecule is Cc1ccc(-n2nc(C(C)(C)C)cc2NC(=O)Nc2cccc(C(C(=O)Cc3cnc[nH]3)C3CCNCC3)c2)cc1. The highest BCUT2D eigenvalue weighted by molar-refractivity contribution is 5.99. The number of anilines is 2. The Morgan fingerprint density at radius 2 is 1.80 bits per heavy atom. The summed E-state index contributed by atoms with van der Waals surface area (Å²) in [7, 11) is 0. The molecule has 2 aromatic heterocycles. The molecule has 1 aliphatic heterocycles. The van der Waals surface area contributed by atoms with E-state index in [4.69, 9.17) is 5.10 Å². The molecule has 1 fully saturated rings. The van der Waals surface area contributed by atoms with Crippen LogP contribution < -0.4 is 16.0 Å². The summed E-state index contributed by atoms with van der Waals surface area (Å²) in [6.45, 7) is 10.1. The number of nitrogens with zero attached hydrogens (tertiary/aromatic N) is 3. The monoisotopic (exact) mass is 553 g/mol. The Balaban J connectivity index is 1.37. The van der Waals surface area contributed by atoms with Gasteiger partial charge in [0.1, 0.15) is 11.6 Å². The summed E-state index contributed by atoms with van der Waals surface area (Å²) in [6, 6.07) is 17.2. The van der Waals surface area contributed by atoms with Crippen LogP contribution in [0.1, 0.15) is 62.0 Å². The molecule has 1 saturated heterocycles. The van der Waals surface area contributed by atoms with E-state index in [0.29, 0.717) is 17.9 Å². The first kappa shape index (κ1) is 28.3. The third kappa shape index (κ3) is 6.92. The number of rotatable bonds is 8. The number of nitrogens with one attached hydrogen (secondary N) is 4. The minimum Gasteiger partial charge on any atom is -0.348 e. The van der Waals surface area contributed by atoms with Crippen molar-refractivity contribution in [1.82, 2.24) is 25.1 Å². The molecule has 1 unspecified atom stereocenters. The van der Waals surface area contributed by atoms with Crippen molar-refractivity contribution < 1.29 is 9.59 Å². The number of piperidine rings is 1. The fourth-order valence-electron chi connectivity index (χ4n) is 5.39. The Bertz CT molecular complexity index is 1480. The van der Waals surface area contributed by atoms with Gasteiger partial charge in [0, 0.05) is 41.4 Å². The third-order valence-corrected chi connectivity index (χ3v) is 7.62. The molecule has 4 N–H and O–H groups in total. The summed E-state index contributed by atoms with van der Waals surface area (Å²) in [6.07, 6.45) is 5.45. The molecule has 1 atom stereocenters. The smallest absolute Gasteiger partial charge is 0.324 e. The number of ketones is 1. The van der Waals surface area contributed by atoms with Gasteiger partial charge < -0.3 is 15.6 Å². The maximum atomic E-state index is 13.6. The minimum absolute atomic E-state index is 0.152. The predicted molar refractivity (Wildman–Crippen MR) is 162 cm³/mol. The van der Waals surface area contributed by atoms with Crippen molar-refractivity contribution in [3.63, 3.8) is 0 Å². The number of hydrogen-bond acceptors (Lipinski definition) is 5. The van der Waals surface area contributed by atoms with E-state index < -0.39 is 0 Å². The molecule has 1 aliphatic rings. The molecule has 0 bridgehead atoms. The highest BCUT2D eigenvalue weighted by atomic mass is 16.2. The Morgan fingerprint density at radius 1 is 1.05 bits per heavy atom. The fraction of sp³-hybridized carbons (Fsp3) is 0.375. The van der Waals surface area contributed by atoms with Crippen LogP contribution in [0.15, 0.2) is 67.1 Å². The van der Waals surface area contributed by atoms with Crippen LogP contribution in [0.5, 0.6) is 0 Å². The van der Waals surface area contributed by atoms with E-state index in [0.717, 1.165) is 54.1 Å². The van der Waals surface area contributed by atoms with Gasteiger partial charge in [-0.25, -0.2) is 14.5 Å². The third-order valence-electron chi connectivity index (χ3n) is 7.62. The van der Waals surface area contributed by atoms with Crippen molar-refractivity contribution in [1.29, 1.82) is 0 Å². The lowest BCUT2D eigenvalue weighted by Gasteiger charge is -2.30. The van der Waals surface area contributed by atoms with Crippen molar-refractivity contribution in [2.24, 2.45) is 5.92 Å². The summed E-state index contributed by atoms with van der Waals surface area (Å²) in [5.41, 5.74) is 5.05. The van der Waals surface area contributed by atoms with Gasteiger partial charge in [-0.15, -0.1) is 0 Å². The van der Waals surface area contributed by atoms with E-state index in [1.165, 1.54) is 0 Å². The number of hydrogen-bond donors (Lipinski definition) is 4. The summed E-state index contributed by atoms with van der Waals surface area (Å²) >= 11 is 0. The van der Waals surface area contributed by atoms with Crippen LogP contribution in [0.2, 0.25) is 0 Å². The van der Waals surface area contributed by atoms with Gasteiger partial charge in [0.15, 0.2) is 0 Å². The zero-order valence-electron chi connectivity index (χ0n) is 24.2. The molecule has 0 radical (unpaired) electrons. The molecule has 2 aromatic carbocycles. The van der Waals surface area contributed by atoms with Crippen molar-refractivity contribution in [3.8, 4) is 5.69 Å². The number of benzene rings is 2. The maximum Gasteiger partial charge on any atom is 0.324 e. The molecule has 214 valence electrons. The number of carbonyl (C=O) groups excluding carboxylic acids is 2. The van der Waals surface area contributed by atoms with Gasteiger partial charge in [-0.2, -0.15) is 5.10 Å². The number of urea groups is 1. The van der Waals surface area contributed by atoms with E-state index in [1.54, 1.807) is 17.2 Å². The molecule has 2 amide bonds. The zero-order chi connectivity index (χ0) is 29.0. The predicted octanol–water partition coefficient (Wildman–Crippen LogP) is 5.74. The Hall–Kier alpha value is -4.24.